The van der Waals surface area contributed by atoms with Gasteiger partial charge in [-0.25, -0.2) is 24.9 Å². The van der Waals surface area contributed by atoms with Crippen LogP contribution in [0.25, 0.3) is 181 Å². The third kappa shape index (κ3) is 11.8. The van der Waals surface area contributed by atoms with Crippen molar-refractivity contribution >= 4 is 96.5 Å². The Bertz CT molecular complexity index is 6640. The molecule has 0 saturated carbocycles. The molecule has 500 valence electrons. The normalized spacial score (nSPS) is 12.1. The minimum absolute atomic E-state index is 0. The summed E-state index contributed by atoms with van der Waals surface area (Å²) in [6.45, 7) is 4.72. The number of pyridine rings is 2. The number of aromatic amines is 1. The van der Waals surface area contributed by atoms with Crippen LogP contribution in [0.5, 0.6) is 5.75 Å². The van der Waals surface area contributed by atoms with Crippen molar-refractivity contribution in [3.63, 3.8) is 0 Å². The van der Waals surface area contributed by atoms with Gasteiger partial charge in [0.15, 0.2) is 12.0 Å². The summed E-state index contributed by atoms with van der Waals surface area (Å²) in [6, 6.07) is 117. The fourth-order valence-electron chi connectivity index (χ4n) is 15.7. The number of aromatic nitrogens is 7. The smallest absolute Gasteiger partial charge is 0.868 e. The molecule has 1 aliphatic rings. The Morgan fingerprint density at radius 1 is 0.383 bits per heavy atom. The van der Waals surface area contributed by atoms with Crippen molar-refractivity contribution in [2.45, 2.75) is 19.3 Å². The van der Waals surface area contributed by atoms with E-state index >= 15 is 0 Å². The number of hydrogen-bond acceptors (Lipinski definition) is 7. The van der Waals surface area contributed by atoms with Gasteiger partial charge in [0.1, 0.15) is 0 Å². The molecule has 0 aliphatic heterocycles. The molecule has 20 aromatic rings. The van der Waals surface area contributed by atoms with Crippen molar-refractivity contribution in [2.24, 2.45) is 0 Å². The van der Waals surface area contributed by atoms with Gasteiger partial charge in [0.2, 0.25) is 11.5 Å². The van der Waals surface area contributed by atoms with Crippen LogP contribution in [0.2, 0.25) is 0 Å². The molecule has 0 atom stereocenters. The average Bonchev–Trinajstić information content (AvgIpc) is 1.52. The van der Waals surface area contributed by atoms with E-state index in [0.717, 1.165) is 77.7 Å². The van der Waals surface area contributed by atoms with Crippen molar-refractivity contribution in [1.82, 2.24) is 29.5 Å². The molecule has 6 heterocycles. The Balaban J connectivity index is 0.000000131. The molecule has 0 saturated heterocycles. The molecule has 10 heteroatoms. The minimum atomic E-state index is -0.175. The fourth-order valence-corrected chi connectivity index (χ4v) is 17.0. The van der Waals surface area contributed by atoms with Gasteiger partial charge in [-0.2, -0.15) is 0 Å². The van der Waals surface area contributed by atoms with E-state index in [1.807, 2.05) is 41.8 Å². The van der Waals surface area contributed by atoms with Crippen LogP contribution in [0, 0.1) is 0 Å². The first-order valence-electron chi connectivity index (χ1n) is 35.7. The molecule has 14 aromatic carbocycles. The maximum absolute atomic E-state index is 11.1. The van der Waals surface area contributed by atoms with Gasteiger partial charge < -0.3 is 5.11 Å². The molecule has 1 N–H and O–H groups in total. The van der Waals surface area contributed by atoms with Crippen LogP contribution in [0.1, 0.15) is 25.0 Å². The first-order valence-corrected chi connectivity index (χ1v) is 36.5. The van der Waals surface area contributed by atoms with Crippen LogP contribution in [0.15, 0.2) is 352 Å². The summed E-state index contributed by atoms with van der Waals surface area (Å²) in [4.78, 5) is 28.5. The van der Waals surface area contributed by atoms with E-state index in [1.165, 1.54) is 97.1 Å². The SMILES string of the molecule is CC1(C)c2ccccc2-c2c1c1ccc3c4ccccc4sc3c1n2-c1nc(-c2ccccc2)c2ccc3ccccc3c2n1.[Li+].[O-]c1cccc2ccc[nH+]c12.c1cncc(-c2ccc(-c3cc(-c4ccc(-c5cccc6ccccc56)cc4)nc(-c4ccc(-c5cccc6ccccc56)cc4)n3)cc2)c1. The van der Waals surface area contributed by atoms with Gasteiger partial charge >= 0.3 is 18.9 Å². The molecule has 8 nitrogen and oxygen atoms in total. The van der Waals surface area contributed by atoms with Crippen molar-refractivity contribution in [3.05, 3.63) is 363 Å². The predicted octanol–water partition coefficient (Wildman–Crippen LogP) is 21.0. The van der Waals surface area contributed by atoms with Crippen LogP contribution in [-0.4, -0.2) is 29.5 Å². The van der Waals surface area contributed by atoms with E-state index in [9.17, 15) is 5.11 Å². The van der Waals surface area contributed by atoms with E-state index < -0.39 is 0 Å². The Morgan fingerprint density at radius 2 is 0.907 bits per heavy atom. The third-order valence-electron chi connectivity index (χ3n) is 20.9. The van der Waals surface area contributed by atoms with Gasteiger partial charge in [0, 0.05) is 88.7 Å². The number of nitrogens with one attached hydrogen (secondary N) is 1. The molecule has 0 spiro atoms. The second-order valence-electron chi connectivity index (χ2n) is 27.5. The van der Waals surface area contributed by atoms with E-state index in [-0.39, 0.29) is 30.0 Å². The maximum Gasteiger partial charge on any atom is 1.00 e. The standard InChI is InChI=1S/C47H31N3.C41H27N3S.C9H7NO.Li/c1-3-13-41-33(8-1)10-5-15-43(41)35-19-25-38(26-20-35)46-30-45(37-23-17-32(18-24-37)40-12-7-29-48-31-40)49-47(50-46)39-27-21-36(22-28-39)44-16-6-11-34-9-2-4-14-42(34)44;1-41(2)32-18-10-8-17-29(32)37-34(41)30-23-22-28-27-16-9-11-19-33(27)45-39(28)38(30)44(37)40-42-35(25-13-4-3-5-14-25)31-21-20-24-12-6-7-15-26(24)36(31)43-40;11-8-5-1-3-7-4-2-6-10-9(7)8;/h1-31H;3-23H,1-2H3;1-6,11H;/q;;;+1. The zero-order valence-corrected chi connectivity index (χ0v) is 59.8. The number of nitrogens with zero attached hydrogens (tertiary/aromatic N) is 6. The largest absolute Gasteiger partial charge is 1.00 e. The van der Waals surface area contributed by atoms with E-state index in [2.05, 4.69) is 326 Å². The van der Waals surface area contributed by atoms with Crippen molar-refractivity contribution in [3.8, 4) is 101 Å². The second kappa shape index (κ2) is 27.6. The number of thiophene rings is 1. The van der Waals surface area contributed by atoms with Gasteiger partial charge in [0.05, 0.1) is 38.5 Å². The van der Waals surface area contributed by atoms with Crippen LogP contribution in [-0.2, 0) is 5.41 Å². The molecule has 0 amide bonds. The summed E-state index contributed by atoms with van der Waals surface area (Å²) in [5.74, 6) is 1.45. The van der Waals surface area contributed by atoms with Gasteiger partial charge in [-0.15, -0.1) is 11.3 Å². The molecule has 0 unspecified atom stereocenters. The maximum atomic E-state index is 11.1. The summed E-state index contributed by atoms with van der Waals surface area (Å²) < 4.78 is 4.96. The number of para-hydroxylation sites is 1. The van der Waals surface area contributed by atoms with Crippen LogP contribution in [0.3, 0.4) is 0 Å². The molecule has 0 radical (unpaired) electrons. The Labute approximate surface area is 634 Å². The predicted molar refractivity (Wildman–Crippen MR) is 437 cm³/mol. The van der Waals surface area contributed by atoms with E-state index in [0.29, 0.717) is 17.3 Å². The Kier molecular flexibility index (Phi) is 17.0. The Morgan fingerprint density at radius 3 is 1.58 bits per heavy atom. The van der Waals surface area contributed by atoms with Crippen molar-refractivity contribution in [1.29, 1.82) is 0 Å². The molecule has 6 aromatic heterocycles. The second-order valence-corrected chi connectivity index (χ2v) is 28.5. The van der Waals surface area contributed by atoms with Gasteiger partial charge in [0.25, 0.3) is 0 Å². The molecule has 1 aliphatic carbocycles. The Hall–Kier alpha value is -13.0. The monoisotopic (exact) mass is 1380 g/mol. The zero-order valence-electron chi connectivity index (χ0n) is 59.0. The summed E-state index contributed by atoms with van der Waals surface area (Å²) in [6.07, 6.45) is 5.44. The molecule has 21 rings (SSSR count). The number of benzene rings is 14. The number of hydrogen-bond donors (Lipinski definition) is 0. The molecule has 107 heavy (non-hydrogen) atoms. The summed E-state index contributed by atoms with van der Waals surface area (Å²) in [5.41, 5.74) is 21.6. The molecular weight excluding hydrogens is 1320 g/mol. The number of rotatable bonds is 8. The fraction of sp³-hybridized carbons (Fsp3) is 0.0309. The topological polar surface area (TPSA) is 107 Å². The first kappa shape index (κ1) is 66.0. The van der Waals surface area contributed by atoms with E-state index in [4.69, 9.17) is 19.9 Å². The molecule has 0 fully saturated rings. The van der Waals surface area contributed by atoms with Crippen molar-refractivity contribution < 1.29 is 29.0 Å². The molecule has 0 bridgehead atoms. The number of fused-ring (bicyclic) bond motifs is 15. The van der Waals surface area contributed by atoms with Crippen LogP contribution < -0.4 is 29.0 Å². The summed E-state index contributed by atoms with van der Waals surface area (Å²) >= 11 is 1.87. The van der Waals surface area contributed by atoms with Gasteiger partial charge in [-0.3, -0.25) is 9.55 Å². The van der Waals surface area contributed by atoms with Crippen molar-refractivity contribution in [2.75, 3.05) is 0 Å². The minimum Gasteiger partial charge on any atom is -0.868 e. The van der Waals surface area contributed by atoms with E-state index in [1.54, 1.807) is 24.5 Å². The quantitative estimate of drug-likeness (QED) is 0.111. The number of H-pyrrole nitrogens is 1. The van der Waals surface area contributed by atoms with Gasteiger partial charge in [-0.1, -0.05) is 305 Å². The zero-order chi connectivity index (χ0) is 70.8. The first-order chi connectivity index (χ1) is 52.2. The van der Waals surface area contributed by atoms with Crippen LogP contribution >= 0.6 is 11.3 Å². The third-order valence-corrected chi connectivity index (χ3v) is 22.1. The van der Waals surface area contributed by atoms with Crippen LogP contribution in [0.4, 0.5) is 0 Å². The van der Waals surface area contributed by atoms with Gasteiger partial charge in [-0.05, 0) is 114 Å². The summed E-state index contributed by atoms with van der Waals surface area (Å²) in [5, 5.41) is 24.3. The average molecular weight is 1380 g/mol. The molecular formula is C97H65LiN7OS+. The summed E-state index contributed by atoms with van der Waals surface area (Å²) in [7, 11) is 0.